The summed E-state index contributed by atoms with van der Waals surface area (Å²) < 4.78 is 0. The smallest absolute Gasteiger partial charge is 0.307 e. The summed E-state index contributed by atoms with van der Waals surface area (Å²) in [6, 6.07) is 4.71. The van der Waals surface area contributed by atoms with E-state index >= 15 is 0 Å². The predicted molar refractivity (Wildman–Crippen MR) is 82.6 cm³/mol. The van der Waals surface area contributed by atoms with Gasteiger partial charge >= 0.3 is 5.97 Å². The van der Waals surface area contributed by atoms with Crippen molar-refractivity contribution in [3.63, 3.8) is 0 Å². The van der Waals surface area contributed by atoms with Crippen molar-refractivity contribution in [2.24, 2.45) is 17.8 Å². The Bertz CT molecular complexity index is 580. The number of rotatable bonds is 3. The normalized spacial score (nSPS) is 24.6. The van der Waals surface area contributed by atoms with Gasteiger partial charge in [-0.15, -0.1) is 0 Å². The Hall–Kier alpha value is -1.52. The second-order valence-corrected chi connectivity index (χ2v) is 6.01. The van der Waals surface area contributed by atoms with Crippen molar-refractivity contribution in [3.8, 4) is 0 Å². The number of benzene rings is 1. The molecule has 4 nitrogen and oxygen atoms in total. The highest BCUT2D eigenvalue weighted by Crippen LogP contribution is 2.32. The Morgan fingerprint density at radius 2 is 1.86 bits per heavy atom. The summed E-state index contributed by atoms with van der Waals surface area (Å²) in [7, 11) is 0. The van der Waals surface area contributed by atoms with E-state index in [4.69, 9.17) is 23.2 Å². The van der Waals surface area contributed by atoms with Crippen LogP contribution in [0.2, 0.25) is 10.0 Å². The van der Waals surface area contributed by atoms with Gasteiger partial charge in [0.25, 0.3) is 0 Å². The predicted octanol–water partition coefficient (Wildman–Crippen LogP) is 3.84. The largest absolute Gasteiger partial charge is 0.481 e. The average molecular weight is 328 g/mol. The highest BCUT2D eigenvalue weighted by molar-refractivity contribution is 6.35. The maximum absolute atomic E-state index is 12.4. The molecule has 2 rings (SSSR count). The third-order valence-electron chi connectivity index (χ3n) is 3.58. The summed E-state index contributed by atoms with van der Waals surface area (Å²) in [5, 5.41) is 12.8. The van der Waals surface area contributed by atoms with E-state index in [2.05, 4.69) is 5.32 Å². The quantitative estimate of drug-likeness (QED) is 0.829. The number of allylic oxidation sites excluding steroid dienone is 2. The molecule has 112 valence electrons. The molecule has 0 aliphatic heterocycles. The maximum Gasteiger partial charge on any atom is 0.307 e. The Kier molecular flexibility index (Phi) is 4.91. The molecular weight excluding hydrogens is 313 g/mol. The third-order valence-corrected chi connectivity index (χ3v) is 4.02. The second-order valence-electron chi connectivity index (χ2n) is 5.14. The number of carboxylic acids is 1. The topological polar surface area (TPSA) is 66.4 Å². The molecule has 0 saturated heterocycles. The Balaban J connectivity index is 2.18. The fourth-order valence-corrected chi connectivity index (χ4v) is 3.13. The lowest BCUT2D eigenvalue weighted by molar-refractivity contribution is -0.148. The van der Waals surface area contributed by atoms with Crippen LogP contribution >= 0.6 is 23.2 Å². The summed E-state index contributed by atoms with van der Waals surface area (Å²) in [6.45, 7) is 1.80. The molecule has 0 aromatic heterocycles. The Morgan fingerprint density at radius 3 is 2.43 bits per heavy atom. The van der Waals surface area contributed by atoms with E-state index in [1.807, 2.05) is 12.2 Å². The number of carbonyl (C=O) groups excluding carboxylic acids is 1. The molecule has 0 spiro atoms. The Morgan fingerprint density at radius 1 is 1.24 bits per heavy atom. The van der Waals surface area contributed by atoms with Crippen molar-refractivity contribution >= 4 is 40.8 Å². The van der Waals surface area contributed by atoms with Crippen LogP contribution in [0.4, 0.5) is 5.69 Å². The van der Waals surface area contributed by atoms with Crippen molar-refractivity contribution in [1.29, 1.82) is 0 Å². The number of hydrogen-bond acceptors (Lipinski definition) is 2. The Labute approximate surface area is 132 Å². The van der Waals surface area contributed by atoms with E-state index in [1.54, 1.807) is 25.1 Å². The zero-order chi connectivity index (χ0) is 15.6. The zero-order valence-electron chi connectivity index (χ0n) is 11.3. The van der Waals surface area contributed by atoms with E-state index in [0.717, 1.165) is 0 Å². The van der Waals surface area contributed by atoms with Gasteiger partial charge in [-0.05, 0) is 30.5 Å². The average Bonchev–Trinajstić information content (AvgIpc) is 2.36. The molecule has 0 saturated carbocycles. The van der Waals surface area contributed by atoms with Crippen LogP contribution < -0.4 is 5.32 Å². The zero-order valence-corrected chi connectivity index (χ0v) is 12.9. The molecule has 0 radical (unpaired) electrons. The van der Waals surface area contributed by atoms with Crippen molar-refractivity contribution in [3.05, 3.63) is 40.4 Å². The molecular formula is C15H15Cl2NO3. The standard InChI is InChI=1S/C15H15Cl2NO3/c1-8-3-2-4-12(13(8)15(20)21)14(19)18-11-6-9(16)5-10(17)7-11/h2-3,5-8,12-13H,4H2,1H3,(H,18,19)(H,20,21). The SMILES string of the molecule is CC1C=CCC(C(=O)Nc2cc(Cl)cc(Cl)c2)C1C(=O)O. The van der Waals surface area contributed by atoms with Crippen LogP contribution in [0.3, 0.4) is 0 Å². The fraction of sp³-hybridized carbons (Fsp3) is 0.333. The molecule has 3 unspecified atom stereocenters. The number of hydrogen-bond donors (Lipinski definition) is 2. The van der Waals surface area contributed by atoms with Crippen LogP contribution in [0.5, 0.6) is 0 Å². The molecule has 2 N–H and O–H groups in total. The molecule has 0 bridgehead atoms. The highest BCUT2D eigenvalue weighted by atomic mass is 35.5. The van der Waals surface area contributed by atoms with Gasteiger partial charge in [0.15, 0.2) is 0 Å². The molecule has 1 aliphatic rings. The van der Waals surface area contributed by atoms with E-state index < -0.39 is 17.8 Å². The first kappa shape index (κ1) is 15.9. The van der Waals surface area contributed by atoms with Crippen LogP contribution in [0.15, 0.2) is 30.4 Å². The van der Waals surface area contributed by atoms with Gasteiger partial charge in [-0.25, -0.2) is 0 Å². The molecule has 0 heterocycles. The van der Waals surface area contributed by atoms with Gasteiger partial charge < -0.3 is 10.4 Å². The van der Waals surface area contributed by atoms with Gasteiger partial charge in [-0.3, -0.25) is 9.59 Å². The van der Waals surface area contributed by atoms with Crippen LogP contribution in [0.25, 0.3) is 0 Å². The molecule has 1 aromatic rings. The first-order chi connectivity index (χ1) is 9.88. The molecule has 1 aromatic carbocycles. The summed E-state index contributed by atoms with van der Waals surface area (Å²) >= 11 is 11.8. The van der Waals surface area contributed by atoms with E-state index in [9.17, 15) is 14.7 Å². The molecule has 1 amide bonds. The van der Waals surface area contributed by atoms with Crippen molar-refractivity contribution in [2.45, 2.75) is 13.3 Å². The number of nitrogens with one attached hydrogen (secondary N) is 1. The van der Waals surface area contributed by atoms with Crippen molar-refractivity contribution < 1.29 is 14.7 Å². The van der Waals surface area contributed by atoms with E-state index in [1.165, 1.54) is 0 Å². The van der Waals surface area contributed by atoms with Gasteiger partial charge in [0.05, 0.1) is 11.8 Å². The first-order valence-electron chi connectivity index (χ1n) is 6.55. The van der Waals surface area contributed by atoms with E-state index in [-0.39, 0.29) is 11.8 Å². The first-order valence-corrected chi connectivity index (χ1v) is 7.30. The molecule has 6 heteroatoms. The van der Waals surface area contributed by atoms with Crippen LogP contribution in [0.1, 0.15) is 13.3 Å². The number of anilines is 1. The lowest BCUT2D eigenvalue weighted by Crippen LogP contribution is -2.38. The number of halogens is 2. The van der Waals surface area contributed by atoms with Crippen LogP contribution in [-0.4, -0.2) is 17.0 Å². The van der Waals surface area contributed by atoms with Crippen LogP contribution in [0, 0.1) is 17.8 Å². The molecule has 3 atom stereocenters. The molecule has 21 heavy (non-hydrogen) atoms. The highest BCUT2D eigenvalue weighted by Gasteiger charge is 2.38. The summed E-state index contributed by atoms with van der Waals surface area (Å²) in [5.74, 6) is -2.83. The minimum absolute atomic E-state index is 0.185. The van der Waals surface area contributed by atoms with Gasteiger partial charge in [-0.2, -0.15) is 0 Å². The summed E-state index contributed by atoms with van der Waals surface area (Å²) in [5.41, 5.74) is 0.462. The van der Waals surface area contributed by atoms with Crippen LogP contribution in [-0.2, 0) is 9.59 Å². The lowest BCUT2D eigenvalue weighted by atomic mass is 9.76. The molecule has 0 fully saturated rings. The fourth-order valence-electron chi connectivity index (χ4n) is 2.60. The number of carbonyl (C=O) groups is 2. The third kappa shape index (κ3) is 3.77. The minimum atomic E-state index is -0.962. The van der Waals surface area contributed by atoms with Gasteiger partial charge in [0, 0.05) is 15.7 Å². The number of aliphatic carboxylic acids is 1. The minimum Gasteiger partial charge on any atom is -0.481 e. The lowest BCUT2D eigenvalue weighted by Gasteiger charge is -2.29. The monoisotopic (exact) mass is 327 g/mol. The van der Waals surface area contributed by atoms with Crippen molar-refractivity contribution in [2.75, 3.05) is 5.32 Å². The van der Waals surface area contributed by atoms with Gasteiger partial charge in [0.2, 0.25) is 5.91 Å². The summed E-state index contributed by atoms with van der Waals surface area (Å²) in [4.78, 5) is 23.7. The molecule has 1 aliphatic carbocycles. The van der Waals surface area contributed by atoms with Gasteiger partial charge in [0.1, 0.15) is 0 Å². The van der Waals surface area contributed by atoms with Gasteiger partial charge in [-0.1, -0.05) is 42.3 Å². The van der Waals surface area contributed by atoms with E-state index in [0.29, 0.717) is 22.2 Å². The maximum atomic E-state index is 12.4. The second kappa shape index (κ2) is 6.50. The number of amides is 1. The van der Waals surface area contributed by atoms with Crippen molar-refractivity contribution in [1.82, 2.24) is 0 Å². The number of carboxylic acid groups (broad SMARTS) is 1. The summed E-state index contributed by atoms with van der Waals surface area (Å²) in [6.07, 6.45) is 4.08.